The van der Waals surface area contributed by atoms with Crippen molar-refractivity contribution in [2.24, 2.45) is 5.92 Å². The van der Waals surface area contributed by atoms with Gasteiger partial charge < -0.3 is 10.1 Å². The van der Waals surface area contributed by atoms with Crippen molar-refractivity contribution in [2.45, 2.75) is 18.9 Å². The largest absolute Gasteiger partial charge is 0.381 e. The molecule has 1 aromatic carbocycles. The van der Waals surface area contributed by atoms with Crippen molar-refractivity contribution in [1.29, 1.82) is 0 Å². The van der Waals surface area contributed by atoms with Crippen LogP contribution in [0, 0.1) is 5.92 Å². The van der Waals surface area contributed by atoms with E-state index in [0.717, 1.165) is 26.2 Å². The highest BCUT2D eigenvalue weighted by Crippen LogP contribution is 2.22. The average molecular weight is 274 g/mol. The number of para-hydroxylation sites is 1. The molecule has 5 heteroatoms. The quantitative estimate of drug-likeness (QED) is 0.830. The summed E-state index contributed by atoms with van der Waals surface area (Å²) < 4.78 is 5.31. The molecule has 106 valence electrons. The van der Waals surface area contributed by atoms with E-state index in [1.54, 1.807) is 12.1 Å². The topological polar surface area (TPSA) is 58.6 Å². The molecule has 20 heavy (non-hydrogen) atoms. The van der Waals surface area contributed by atoms with E-state index in [0.29, 0.717) is 11.6 Å². The number of benzene rings is 1. The molecule has 0 radical (unpaired) electrons. The van der Waals surface area contributed by atoms with Gasteiger partial charge in [0.25, 0.3) is 5.91 Å². The molecule has 2 aliphatic heterocycles. The molecule has 0 aliphatic carbocycles. The summed E-state index contributed by atoms with van der Waals surface area (Å²) in [5.74, 6) is 0.158. The molecule has 2 saturated heterocycles. The lowest BCUT2D eigenvalue weighted by Gasteiger charge is -2.16. The van der Waals surface area contributed by atoms with Gasteiger partial charge >= 0.3 is 0 Å². The second kappa shape index (κ2) is 5.73. The predicted octanol–water partition coefficient (Wildman–Crippen LogP) is 0.945. The third-order valence-electron chi connectivity index (χ3n) is 3.84. The van der Waals surface area contributed by atoms with Crippen LogP contribution in [0.3, 0.4) is 0 Å². The Labute approximate surface area is 117 Å². The fourth-order valence-electron chi connectivity index (χ4n) is 2.69. The second-order valence-electron chi connectivity index (χ2n) is 5.30. The molecule has 5 nitrogen and oxygen atoms in total. The Balaban J connectivity index is 1.64. The molecule has 2 aliphatic rings. The van der Waals surface area contributed by atoms with Crippen LogP contribution in [0.4, 0.5) is 5.69 Å². The average Bonchev–Trinajstić information content (AvgIpc) is 3.06. The van der Waals surface area contributed by atoms with E-state index < -0.39 is 6.04 Å². The maximum Gasteiger partial charge on any atom is 0.251 e. The van der Waals surface area contributed by atoms with Gasteiger partial charge in [0, 0.05) is 13.2 Å². The molecule has 0 saturated carbocycles. The molecule has 2 fully saturated rings. The van der Waals surface area contributed by atoms with Crippen LogP contribution in [0.1, 0.15) is 12.8 Å². The molecule has 0 aromatic heterocycles. The van der Waals surface area contributed by atoms with E-state index in [1.807, 2.05) is 18.2 Å². The molecular weight excluding hydrogens is 256 g/mol. The summed E-state index contributed by atoms with van der Waals surface area (Å²) in [4.78, 5) is 25.6. The van der Waals surface area contributed by atoms with Crippen LogP contribution in [0.25, 0.3) is 0 Å². The lowest BCUT2D eigenvalue weighted by molar-refractivity contribution is -0.121. The first kappa shape index (κ1) is 13.3. The maximum atomic E-state index is 12.3. The summed E-state index contributed by atoms with van der Waals surface area (Å²) in [5, 5.41) is 3.21. The molecule has 0 spiro atoms. The number of ether oxygens (including phenoxy) is 1. The van der Waals surface area contributed by atoms with Gasteiger partial charge in [-0.15, -0.1) is 0 Å². The summed E-state index contributed by atoms with van der Waals surface area (Å²) >= 11 is 0. The number of anilines is 1. The van der Waals surface area contributed by atoms with Gasteiger partial charge in [0.15, 0.2) is 0 Å². The monoisotopic (exact) mass is 274 g/mol. The first-order valence-corrected chi connectivity index (χ1v) is 6.98. The molecule has 1 N–H and O–H groups in total. The number of carbonyl (C=O) groups is 2. The fourth-order valence-corrected chi connectivity index (χ4v) is 2.69. The first-order chi connectivity index (χ1) is 9.75. The minimum Gasteiger partial charge on any atom is -0.381 e. The van der Waals surface area contributed by atoms with Crippen molar-refractivity contribution in [1.82, 2.24) is 5.32 Å². The van der Waals surface area contributed by atoms with Crippen molar-refractivity contribution in [3.8, 4) is 0 Å². The van der Waals surface area contributed by atoms with Crippen molar-refractivity contribution in [2.75, 3.05) is 24.7 Å². The zero-order valence-corrected chi connectivity index (χ0v) is 11.2. The van der Waals surface area contributed by atoms with E-state index in [4.69, 9.17) is 4.74 Å². The zero-order chi connectivity index (χ0) is 13.9. The lowest BCUT2D eigenvalue weighted by atomic mass is 10.1. The molecular formula is C15H18N2O3. The van der Waals surface area contributed by atoms with Crippen LogP contribution in [-0.4, -0.2) is 37.6 Å². The Hall–Kier alpha value is -1.72. The normalized spacial score (nSPS) is 26.5. The van der Waals surface area contributed by atoms with Gasteiger partial charge in [-0.25, -0.2) is 4.90 Å². The van der Waals surface area contributed by atoms with Gasteiger partial charge in [0.2, 0.25) is 5.91 Å². The van der Waals surface area contributed by atoms with E-state index >= 15 is 0 Å². The lowest BCUT2D eigenvalue weighted by Crippen LogP contribution is -2.40. The van der Waals surface area contributed by atoms with Crippen molar-refractivity contribution in [3.63, 3.8) is 0 Å². The summed E-state index contributed by atoms with van der Waals surface area (Å²) in [7, 11) is 0. The number of hydrogen-bond acceptors (Lipinski definition) is 4. The third kappa shape index (κ3) is 2.59. The van der Waals surface area contributed by atoms with Gasteiger partial charge in [-0.3, -0.25) is 9.59 Å². The van der Waals surface area contributed by atoms with E-state index in [-0.39, 0.29) is 18.2 Å². The Morgan fingerprint density at radius 1 is 1.25 bits per heavy atom. The number of imide groups is 1. The van der Waals surface area contributed by atoms with Gasteiger partial charge in [-0.1, -0.05) is 18.2 Å². The molecule has 2 heterocycles. The predicted molar refractivity (Wildman–Crippen MR) is 74.3 cm³/mol. The summed E-state index contributed by atoms with van der Waals surface area (Å²) in [6.45, 7) is 2.26. The minimum absolute atomic E-state index is 0.138. The highest BCUT2D eigenvalue weighted by Gasteiger charge is 2.39. The standard InChI is InChI=1S/C15H18N2O3/c18-14-8-13(16-9-11-6-7-20-10-11)15(19)17(14)12-4-2-1-3-5-12/h1-5,11,13,16H,6-10H2. The summed E-state index contributed by atoms with van der Waals surface area (Å²) in [5.41, 5.74) is 0.649. The van der Waals surface area contributed by atoms with Crippen molar-refractivity contribution < 1.29 is 14.3 Å². The van der Waals surface area contributed by atoms with Crippen LogP contribution in [0.2, 0.25) is 0 Å². The van der Waals surface area contributed by atoms with Crippen LogP contribution >= 0.6 is 0 Å². The van der Waals surface area contributed by atoms with Gasteiger partial charge in [-0.2, -0.15) is 0 Å². The fraction of sp³-hybridized carbons (Fsp3) is 0.467. The molecule has 3 rings (SSSR count). The highest BCUT2D eigenvalue weighted by molar-refractivity contribution is 6.22. The number of carbonyl (C=O) groups excluding carboxylic acids is 2. The second-order valence-corrected chi connectivity index (χ2v) is 5.30. The van der Waals surface area contributed by atoms with Crippen LogP contribution in [-0.2, 0) is 14.3 Å². The molecule has 2 atom stereocenters. The smallest absolute Gasteiger partial charge is 0.251 e. The van der Waals surface area contributed by atoms with Gasteiger partial charge in [-0.05, 0) is 24.5 Å². The van der Waals surface area contributed by atoms with E-state index in [9.17, 15) is 9.59 Å². The maximum absolute atomic E-state index is 12.3. The Morgan fingerprint density at radius 3 is 2.75 bits per heavy atom. The van der Waals surface area contributed by atoms with Crippen LogP contribution < -0.4 is 10.2 Å². The van der Waals surface area contributed by atoms with Crippen LogP contribution in [0.15, 0.2) is 30.3 Å². The number of nitrogens with one attached hydrogen (secondary N) is 1. The summed E-state index contributed by atoms with van der Waals surface area (Å²) in [6, 6.07) is 8.68. The first-order valence-electron chi connectivity index (χ1n) is 6.98. The highest BCUT2D eigenvalue weighted by atomic mass is 16.5. The van der Waals surface area contributed by atoms with E-state index in [2.05, 4.69) is 5.32 Å². The van der Waals surface area contributed by atoms with Gasteiger partial charge in [0.1, 0.15) is 0 Å². The minimum atomic E-state index is -0.400. The van der Waals surface area contributed by atoms with E-state index in [1.165, 1.54) is 4.90 Å². The summed E-state index contributed by atoms with van der Waals surface area (Å²) in [6.07, 6.45) is 1.26. The Bertz CT molecular complexity index is 497. The van der Waals surface area contributed by atoms with Gasteiger partial charge in [0.05, 0.1) is 24.8 Å². The molecule has 2 amide bonds. The number of amides is 2. The molecule has 1 aromatic rings. The van der Waals surface area contributed by atoms with Crippen molar-refractivity contribution in [3.05, 3.63) is 30.3 Å². The molecule has 0 bridgehead atoms. The van der Waals surface area contributed by atoms with Crippen molar-refractivity contribution >= 4 is 17.5 Å². The SMILES string of the molecule is O=C1CC(NCC2CCOC2)C(=O)N1c1ccccc1. The number of hydrogen-bond donors (Lipinski definition) is 1. The zero-order valence-electron chi connectivity index (χ0n) is 11.2. The Kier molecular flexibility index (Phi) is 3.80. The van der Waals surface area contributed by atoms with Crippen LogP contribution in [0.5, 0.6) is 0 Å². The molecule has 2 unspecified atom stereocenters. The Morgan fingerprint density at radius 2 is 2.05 bits per heavy atom. The third-order valence-corrected chi connectivity index (χ3v) is 3.84. The number of nitrogens with zero attached hydrogens (tertiary/aromatic N) is 1. The number of rotatable bonds is 4.